The minimum Gasteiger partial charge on any atom is -0.406 e. The zero-order chi connectivity index (χ0) is 22.6. The topological polar surface area (TPSA) is 79.3 Å². The molecule has 0 aliphatic rings. The lowest BCUT2D eigenvalue weighted by molar-refractivity contribution is -0.274. The molecule has 2 aromatic carbocycles. The molecule has 3 aromatic rings. The van der Waals surface area contributed by atoms with Crippen LogP contribution < -0.4 is 15.4 Å². The number of hydrogen-bond acceptors (Lipinski definition) is 6. The highest BCUT2D eigenvalue weighted by atomic mass is 35.5. The van der Waals surface area contributed by atoms with E-state index in [9.17, 15) is 18.3 Å². The third-order valence-electron chi connectivity index (χ3n) is 3.87. The Morgan fingerprint density at radius 2 is 1.77 bits per heavy atom. The molecule has 0 fully saturated rings. The van der Waals surface area contributed by atoms with E-state index in [0.717, 1.165) is 0 Å². The minimum atomic E-state index is -4.81. The van der Waals surface area contributed by atoms with Gasteiger partial charge in [-0.2, -0.15) is 4.98 Å². The molecule has 0 radical (unpaired) electrons. The number of alkyl halides is 3. The monoisotopic (exact) mass is 472 g/mol. The molecule has 164 valence electrons. The maximum absolute atomic E-state index is 12.6. The molecule has 3 N–H and O–H groups in total. The lowest BCUT2D eigenvalue weighted by Crippen LogP contribution is -2.21. The van der Waals surface area contributed by atoms with Crippen molar-refractivity contribution in [2.45, 2.75) is 19.3 Å². The Labute approximate surface area is 186 Å². The van der Waals surface area contributed by atoms with Gasteiger partial charge in [0.2, 0.25) is 5.95 Å². The molecule has 0 saturated heterocycles. The Hall–Kier alpha value is -2.75. The van der Waals surface area contributed by atoms with E-state index in [1.165, 1.54) is 18.2 Å². The zero-order valence-electron chi connectivity index (χ0n) is 16.0. The Morgan fingerprint density at radius 1 is 1.06 bits per heavy atom. The van der Waals surface area contributed by atoms with Gasteiger partial charge in [0.05, 0.1) is 12.3 Å². The highest BCUT2D eigenvalue weighted by Gasteiger charge is 2.31. The normalized spacial score (nSPS) is 12.4. The van der Waals surface area contributed by atoms with E-state index in [1.807, 2.05) is 0 Å². The maximum atomic E-state index is 12.6. The fourth-order valence-corrected chi connectivity index (χ4v) is 3.14. The van der Waals surface area contributed by atoms with Crippen LogP contribution in [-0.2, 0) is 0 Å². The van der Waals surface area contributed by atoms with Gasteiger partial charge in [-0.3, -0.25) is 0 Å². The Balaban J connectivity index is 2.00. The first-order chi connectivity index (χ1) is 14.6. The number of benzene rings is 2. The highest BCUT2D eigenvalue weighted by Crippen LogP contribution is 2.30. The summed E-state index contributed by atoms with van der Waals surface area (Å²) < 4.78 is 41.7. The number of halogens is 5. The quantitative estimate of drug-likeness (QED) is 0.398. The van der Waals surface area contributed by atoms with Crippen molar-refractivity contribution in [3.8, 4) is 17.0 Å². The Bertz CT molecular complexity index is 1050. The predicted molar refractivity (Wildman–Crippen MR) is 114 cm³/mol. The van der Waals surface area contributed by atoms with Crippen molar-refractivity contribution in [1.29, 1.82) is 0 Å². The van der Waals surface area contributed by atoms with Crippen LogP contribution in [0.4, 0.5) is 30.6 Å². The van der Waals surface area contributed by atoms with E-state index in [4.69, 9.17) is 23.2 Å². The number of nitrogens with one attached hydrogen (secondary N) is 2. The van der Waals surface area contributed by atoms with Gasteiger partial charge in [0.25, 0.3) is 0 Å². The number of nitrogens with zero attached hydrogens (tertiary/aromatic N) is 2. The molecule has 6 nitrogen and oxygen atoms in total. The number of aliphatic hydroxyl groups is 1. The molecule has 1 heterocycles. The minimum absolute atomic E-state index is 0.164. The average molecular weight is 473 g/mol. The number of aliphatic hydroxyl groups excluding tert-OH is 1. The van der Waals surface area contributed by atoms with Crippen LogP contribution in [0.15, 0.2) is 48.5 Å². The van der Waals surface area contributed by atoms with Crippen LogP contribution in [0.2, 0.25) is 10.0 Å². The van der Waals surface area contributed by atoms with Crippen LogP contribution in [0.5, 0.6) is 5.75 Å². The standard InChI is InChI=1S/C20H17Cl2F3N4O2/c1-11(10-30)26-19-28-17(12-3-2-4-16(5-12)31-20(23,24)25)9-18(29-19)27-15-7-13(21)6-14(22)8-15/h2-9,11,30H,10H2,1H3,(H2,26,27,28,29)/t11-/m0/s1. The van der Waals surface area contributed by atoms with E-state index in [1.54, 1.807) is 37.3 Å². The van der Waals surface area contributed by atoms with Crippen LogP contribution in [0.25, 0.3) is 11.3 Å². The predicted octanol–water partition coefficient (Wildman–Crippen LogP) is 5.89. The summed E-state index contributed by atoms with van der Waals surface area (Å²) in [4.78, 5) is 8.69. The molecule has 31 heavy (non-hydrogen) atoms. The molecule has 1 atom stereocenters. The second-order valence-electron chi connectivity index (χ2n) is 6.55. The molecule has 0 unspecified atom stereocenters. The number of ether oxygens (including phenoxy) is 1. The second-order valence-corrected chi connectivity index (χ2v) is 7.42. The molecular weight excluding hydrogens is 456 g/mol. The number of anilines is 3. The third kappa shape index (κ3) is 6.88. The summed E-state index contributed by atoms with van der Waals surface area (Å²) in [5.74, 6) is 0.118. The number of aromatic nitrogens is 2. The SMILES string of the molecule is C[C@@H](CO)Nc1nc(Nc2cc(Cl)cc(Cl)c2)cc(-c2cccc(OC(F)(F)F)c2)n1. The molecule has 0 saturated carbocycles. The summed E-state index contributed by atoms with van der Waals surface area (Å²) >= 11 is 12.1. The van der Waals surface area contributed by atoms with Crippen molar-refractivity contribution in [1.82, 2.24) is 9.97 Å². The summed E-state index contributed by atoms with van der Waals surface area (Å²) in [7, 11) is 0. The molecule has 3 rings (SSSR count). The zero-order valence-corrected chi connectivity index (χ0v) is 17.6. The van der Waals surface area contributed by atoms with E-state index in [-0.39, 0.29) is 24.3 Å². The van der Waals surface area contributed by atoms with Gasteiger partial charge in [-0.1, -0.05) is 35.3 Å². The molecule has 0 bridgehead atoms. The third-order valence-corrected chi connectivity index (χ3v) is 4.31. The van der Waals surface area contributed by atoms with Crippen LogP contribution in [0.1, 0.15) is 6.92 Å². The van der Waals surface area contributed by atoms with Crippen molar-refractivity contribution in [3.05, 3.63) is 58.6 Å². The van der Waals surface area contributed by atoms with Crippen molar-refractivity contribution < 1.29 is 23.0 Å². The lowest BCUT2D eigenvalue weighted by Gasteiger charge is -2.15. The van der Waals surface area contributed by atoms with Crippen LogP contribution in [-0.4, -0.2) is 34.1 Å². The summed E-state index contributed by atoms with van der Waals surface area (Å²) in [5, 5.41) is 16.1. The van der Waals surface area contributed by atoms with Crippen LogP contribution >= 0.6 is 23.2 Å². The first-order valence-electron chi connectivity index (χ1n) is 8.97. The summed E-state index contributed by atoms with van der Waals surface area (Å²) in [5.41, 5.74) is 1.25. The Kier molecular flexibility index (Phi) is 7.09. The van der Waals surface area contributed by atoms with E-state index < -0.39 is 6.36 Å². The first-order valence-corrected chi connectivity index (χ1v) is 9.72. The molecule has 0 aliphatic carbocycles. The van der Waals surface area contributed by atoms with Gasteiger partial charge in [-0.25, -0.2) is 4.98 Å². The van der Waals surface area contributed by atoms with Crippen LogP contribution in [0, 0.1) is 0 Å². The van der Waals surface area contributed by atoms with Crippen molar-refractivity contribution >= 4 is 40.7 Å². The van der Waals surface area contributed by atoms with E-state index in [2.05, 4.69) is 25.3 Å². The first kappa shape index (κ1) is 22.9. The molecule has 0 aliphatic heterocycles. The van der Waals surface area contributed by atoms with Gasteiger partial charge in [-0.15, -0.1) is 13.2 Å². The number of hydrogen-bond donors (Lipinski definition) is 3. The molecular formula is C20H17Cl2F3N4O2. The summed E-state index contributed by atoms with van der Waals surface area (Å²) in [6, 6.07) is 11.5. The molecule has 11 heteroatoms. The molecule has 0 amide bonds. The molecule has 0 spiro atoms. The average Bonchev–Trinajstić information content (AvgIpc) is 2.65. The van der Waals surface area contributed by atoms with E-state index >= 15 is 0 Å². The summed E-state index contributed by atoms with van der Waals surface area (Å²) in [6.07, 6.45) is -4.81. The molecule has 1 aromatic heterocycles. The second kappa shape index (κ2) is 9.59. The van der Waals surface area contributed by atoms with Gasteiger partial charge >= 0.3 is 6.36 Å². The van der Waals surface area contributed by atoms with Gasteiger partial charge in [-0.05, 0) is 37.3 Å². The fraction of sp³-hybridized carbons (Fsp3) is 0.200. The van der Waals surface area contributed by atoms with Gasteiger partial charge < -0.3 is 20.5 Å². The maximum Gasteiger partial charge on any atom is 0.573 e. The number of rotatable bonds is 7. The van der Waals surface area contributed by atoms with Gasteiger partial charge in [0.1, 0.15) is 11.6 Å². The lowest BCUT2D eigenvalue weighted by atomic mass is 10.1. The Morgan fingerprint density at radius 3 is 2.42 bits per heavy atom. The van der Waals surface area contributed by atoms with Crippen molar-refractivity contribution in [2.24, 2.45) is 0 Å². The smallest absolute Gasteiger partial charge is 0.406 e. The largest absolute Gasteiger partial charge is 0.573 e. The van der Waals surface area contributed by atoms with Gasteiger partial charge in [0, 0.05) is 33.4 Å². The van der Waals surface area contributed by atoms with Gasteiger partial charge in [0.15, 0.2) is 0 Å². The van der Waals surface area contributed by atoms with Crippen molar-refractivity contribution in [3.63, 3.8) is 0 Å². The highest BCUT2D eigenvalue weighted by molar-refractivity contribution is 6.35. The van der Waals surface area contributed by atoms with Crippen molar-refractivity contribution in [2.75, 3.05) is 17.2 Å². The van der Waals surface area contributed by atoms with E-state index in [0.29, 0.717) is 32.8 Å². The van der Waals surface area contributed by atoms with Crippen LogP contribution in [0.3, 0.4) is 0 Å². The summed E-state index contributed by atoms with van der Waals surface area (Å²) in [6.45, 7) is 1.55. The fourth-order valence-electron chi connectivity index (χ4n) is 2.62.